The van der Waals surface area contributed by atoms with E-state index in [0.717, 1.165) is 19.5 Å². The first-order valence-electron chi connectivity index (χ1n) is 9.86. The van der Waals surface area contributed by atoms with E-state index < -0.39 is 10.0 Å². The highest BCUT2D eigenvalue weighted by atomic mass is 32.2. The number of nitrogens with one attached hydrogen (secondary N) is 1. The standard InChI is InChI=1S/C22H28N2O2S/c1-27(25,26)23-21-10-11-22-18(14-21)8-5-9-20(22)16-24-13-12-19(15-24)17-6-3-2-4-7-17/h2-4,6-7,10-11,14,19-20,23H,5,8-9,12-13,15-16H2,1H3. The molecule has 2 aromatic carbocycles. The molecule has 144 valence electrons. The zero-order valence-electron chi connectivity index (χ0n) is 15.9. The Bertz CT molecular complexity index is 896. The van der Waals surface area contributed by atoms with Gasteiger partial charge in [0.05, 0.1) is 6.26 Å². The van der Waals surface area contributed by atoms with Crippen LogP contribution in [0.4, 0.5) is 5.69 Å². The molecule has 0 spiro atoms. The molecule has 2 aromatic rings. The first-order chi connectivity index (χ1) is 13.0. The molecular weight excluding hydrogens is 356 g/mol. The maximum absolute atomic E-state index is 11.5. The minimum absolute atomic E-state index is 0.551. The summed E-state index contributed by atoms with van der Waals surface area (Å²) in [6, 6.07) is 16.9. The molecule has 1 fully saturated rings. The van der Waals surface area contributed by atoms with Gasteiger partial charge in [-0.15, -0.1) is 0 Å². The van der Waals surface area contributed by atoms with Crippen molar-refractivity contribution < 1.29 is 8.42 Å². The minimum atomic E-state index is -3.23. The monoisotopic (exact) mass is 384 g/mol. The maximum atomic E-state index is 11.5. The van der Waals surface area contributed by atoms with E-state index in [4.69, 9.17) is 0 Å². The maximum Gasteiger partial charge on any atom is 0.229 e. The van der Waals surface area contributed by atoms with Gasteiger partial charge in [-0.25, -0.2) is 8.42 Å². The molecule has 5 heteroatoms. The van der Waals surface area contributed by atoms with Crippen LogP contribution in [0.15, 0.2) is 48.5 Å². The van der Waals surface area contributed by atoms with Crippen LogP contribution >= 0.6 is 0 Å². The van der Waals surface area contributed by atoms with Gasteiger partial charge in [-0.1, -0.05) is 36.4 Å². The smallest absolute Gasteiger partial charge is 0.229 e. The molecule has 0 amide bonds. The normalized spacial score (nSPS) is 23.1. The molecule has 1 aliphatic carbocycles. The minimum Gasteiger partial charge on any atom is -0.302 e. The highest BCUT2D eigenvalue weighted by Gasteiger charge is 2.28. The Morgan fingerprint density at radius 2 is 1.93 bits per heavy atom. The number of hydrogen-bond acceptors (Lipinski definition) is 3. The van der Waals surface area contributed by atoms with E-state index in [1.54, 1.807) is 0 Å². The van der Waals surface area contributed by atoms with Gasteiger partial charge < -0.3 is 4.90 Å². The summed E-state index contributed by atoms with van der Waals surface area (Å²) in [6.07, 6.45) is 5.87. The Morgan fingerprint density at radius 3 is 2.70 bits per heavy atom. The molecule has 0 saturated carbocycles. The van der Waals surface area contributed by atoms with E-state index in [9.17, 15) is 8.42 Å². The van der Waals surface area contributed by atoms with Crippen LogP contribution in [-0.2, 0) is 16.4 Å². The zero-order valence-corrected chi connectivity index (χ0v) is 16.7. The number of hydrogen-bond donors (Lipinski definition) is 1. The second kappa shape index (κ2) is 7.64. The number of nitrogens with zero attached hydrogens (tertiary/aromatic N) is 1. The number of likely N-dealkylation sites (tertiary alicyclic amines) is 1. The number of aryl methyl sites for hydroxylation is 1. The summed E-state index contributed by atoms with van der Waals surface area (Å²) in [5, 5.41) is 0. The molecule has 27 heavy (non-hydrogen) atoms. The van der Waals surface area contributed by atoms with Crippen molar-refractivity contribution in [1.29, 1.82) is 0 Å². The van der Waals surface area contributed by atoms with Crippen LogP contribution in [0, 0.1) is 0 Å². The lowest BCUT2D eigenvalue weighted by atomic mass is 9.82. The first kappa shape index (κ1) is 18.5. The van der Waals surface area contributed by atoms with Crippen molar-refractivity contribution in [3.63, 3.8) is 0 Å². The van der Waals surface area contributed by atoms with Gasteiger partial charge in [0.1, 0.15) is 0 Å². The van der Waals surface area contributed by atoms with Crippen molar-refractivity contribution in [2.24, 2.45) is 0 Å². The van der Waals surface area contributed by atoms with E-state index in [2.05, 4.69) is 46.0 Å². The highest BCUT2D eigenvalue weighted by Crippen LogP contribution is 2.36. The second-order valence-electron chi connectivity index (χ2n) is 8.03. The second-order valence-corrected chi connectivity index (χ2v) is 9.78. The third kappa shape index (κ3) is 4.53. The summed E-state index contributed by atoms with van der Waals surface area (Å²) in [6.45, 7) is 3.41. The lowest BCUT2D eigenvalue weighted by Crippen LogP contribution is -2.28. The van der Waals surface area contributed by atoms with Crippen LogP contribution in [0.3, 0.4) is 0 Å². The van der Waals surface area contributed by atoms with E-state index in [1.165, 1.54) is 48.8 Å². The Balaban J connectivity index is 1.44. The summed E-state index contributed by atoms with van der Waals surface area (Å²) >= 11 is 0. The average molecular weight is 385 g/mol. The molecule has 4 nitrogen and oxygen atoms in total. The summed E-state index contributed by atoms with van der Waals surface area (Å²) in [4.78, 5) is 2.61. The molecule has 0 bridgehead atoms. The number of rotatable bonds is 5. The van der Waals surface area contributed by atoms with Gasteiger partial charge in [-0.05, 0) is 72.9 Å². The van der Waals surface area contributed by atoms with Crippen LogP contribution in [0.1, 0.15) is 47.8 Å². The van der Waals surface area contributed by atoms with Gasteiger partial charge in [-0.3, -0.25) is 4.72 Å². The largest absolute Gasteiger partial charge is 0.302 e. The third-order valence-corrected chi connectivity index (χ3v) is 6.51. The SMILES string of the molecule is CS(=O)(=O)Nc1ccc2c(c1)CCCC2CN1CCC(c2ccccc2)C1. The van der Waals surface area contributed by atoms with Gasteiger partial charge in [0.15, 0.2) is 0 Å². The Labute approximate surface area is 162 Å². The van der Waals surface area contributed by atoms with Gasteiger partial charge in [0.25, 0.3) is 0 Å². The fraction of sp³-hybridized carbons (Fsp3) is 0.455. The summed E-state index contributed by atoms with van der Waals surface area (Å²) in [5.41, 5.74) is 4.85. The predicted molar refractivity (Wildman–Crippen MR) is 111 cm³/mol. The Kier molecular flexibility index (Phi) is 5.24. The van der Waals surface area contributed by atoms with Crippen LogP contribution < -0.4 is 4.72 Å². The summed E-state index contributed by atoms with van der Waals surface area (Å²) in [7, 11) is -3.23. The van der Waals surface area contributed by atoms with Crippen LogP contribution in [-0.4, -0.2) is 39.2 Å². The Morgan fingerprint density at radius 1 is 1.11 bits per heavy atom. The summed E-state index contributed by atoms with van der Waals surface area (Å²) < 4.78 is 25.6. The molecule has 0 radical (unpaired) electrons. The zero-order chi connectivity index (χ0) is 18.9. The van der Waals surface area contributed by atoms with Crippen molar-refractivity contribution in [3.8, 4) is 0 Å². The lowest BCUT2D eigenvalue weighted by Gasteiger charge is -2.30. The van der Waals surface area contributed by atoms with E-state index >= 15 is 0 Å². The number of sulfonamides is 1. The lowest BCUT2D eigenvalue weighted by molar-refractivity contribution is 0.297. The molecular formula is C22H28N2O2S. The molecule has 1 N–H and O–H groups in total. The molecule has 1 aliphatic heterocycles. The van der Waals surface area contributed by atoms with Crippen molar-refractivity contribution in [1.82, 2.24) is 4.90 Å². The number of benzene rings is 2. The Hall–Kier alpha value is -1.85. The van der Waals surface area contributed by atoms with E-state index in [0.29, 0.717) is 17.5 Å². The molecule has 0 aromatic heterocycles. The third-order valence-electron chi connectivity index (χ3n) is 5.91. The average Bonchev–Trinajstić information content (AvgIpc) is 3.10. The van der Waals surface area contributed by atoms with E-state index in [-0.39, 0.29) is 0 Å². The predicted octanol–water partition coefficient (Wildman–Crippen LogP) is 3.97. The fourth-order valence-electron chi connectivity index (χ4n) is 4.69. The van der Waals surface area contributed by atoms with Gasteiger partial charge >= 0.3 is 0 Å². The van der Waals surface area contributed by atoms with E-state index in [1.807, 2.05) is 12.1 Å². The number of anilines is 1. The quantitative estimate of drug-likeness (QED) is 0.849. The van der Waals surface area contributed by atoms with Crippen molar-refractivity contribution in [2.45, 2.75) is 37.5 Å². The topological polar surface area (TPSA) is 49.4 Å². The first-order valence-corrected chi connectivity index (χ1v) is 11.7. The fourth-order valence-corrected chi connectivity index (χ4v) is 5.24. The van der Waals surface area contributed by atoms with Crippen molar-refractivity contribution >= 4 is 15.7 Å². The van der Waals surface area contributed by atoms with Gasteiger partial charge in [-0.2, -0.15) is 0 Å². The van der Waals surface area contributed by atoms with Gasteiger partial charge in [0, 0.05) is 18.8 Å². The van der Waals surface area contributed by atoms with Gasteiger partial charge in [0.2, 0.25) is 10.0 Å². The highest BCUT2D eigenvalue weighted by molar-refractivity contribution is 7.92. The van der Waals surface area contributed by atoms with Crippen molar-refractivity contribution in [2.75, 3.05) is 30.6 Å². The molecule has 2 aliphatic rings. The summed E-state index contributed by atoms with van der Waals surface area (Å²) in [5.74, 6) is 1.20. The molecule has 4 rings (SSSR count). The van der Waals surface area contributed by atoms with Crippen LogP contribution in [0.5, 0.6) is 0 Å². The molecule has 2 atom stereocenters. The molecule has 1 saturated heterocycles. The molecule has 2 unspecified atom stereocenters. The van der Waals surface area contributed by atoms with Crippen LogP contribution in [0.2, 0.25) is 0 Å². The van der Waals surface area contributed by atoms with Crippen molar-refractivity contribution in [3.05, 3.63) is 65.2 Å². The van der Waals surface area contributed by atoms with Crippen LogP contribution in [0.25, 0.3) is 0 Å². The number of fused-ring (bicyclic) bond motifs is 1. The molecule has 1 heterocycles.